The largest absolute Gasteiger partial charge is 0.348 e. The third-order valence-corrected chi connectivity index (χ3v) is 5.53. The lowest BCUT2D eigenvalue weighted by Crippen LogP contribution is -2.26. The molecule has 1 amide bonds. The van der Waals surface area contributed by atoms with E-state index in [-0.39, 0.29) is 12.5 Å². The Balaban J connectivity index is 2.13. The predicted octanol–water partition coefficient (Wildman–Crippen LogP) is 3.63. The van der Waals surface area contributed by atoms with Gasteiger partial charge in [0.05, 0.1) is 11.9 Å². The first-order valence-corrected chi connectivity index (χ1v) is 9.96. The molecule has 0 saturated heterocycles. The number of hydrogen-bond donors (Lipinski definition) is 1. The van der Waals surface area contributed by atoms with E-state index in [0.29, 0.717) is 26.9 Å². The van der Waals surface area contributed by atoms with Crippen LogP contribution in [0.25, 0.3) is 0 Å². The molecule has 0 saturated carbocycles. The van der Waals surface area contributed by atoms with Crippen LogP contribution in [0.5, 0.6) is 0 Å². The second kappa shape index (κ2) is 7.64. The fourth-order valence-corrected chi connectivity index (χ4v) is 3.31. The number of hydrogen-bond acceptors (Lipinski definition) is 3. The van der Waals surface area contributed by atoms with Crippen molar-refractivity contribution in [1.82, 2.24) is 5.32 Å². The summed E-state index contributed by atoms with van der Waals surface area (Å²) in [5, 5.41) is 3.79. The van der Waals surface area contributed by atoms with E-state index < -0.39 is 10.0 Å². The first-order chi connectivity index (χ1) is 11.6. The van der Waals surface area contributed by atoms with Crippen LogP contribution < -0.4 is 9.62 Å². The van der Waals surface area contributed by atoms with Gasteiger partial charge in [0.2, 0.25) is 10.0 Å². The molecule has 0 atom stereocenters. The van der Waals surface area contributed by atoms with E-state index in [4.69, 9.17) is 23.2 Å². The molecule has 0 spiro atoms. The summed E-state index contributed by atoms with van der Waals surface area (Å²) >= 11 is 11.9. The molecule has 2 rings (SSSR count). The normalized spacial score (nSPS) is 11.2. The van der Waals surface area contributed by atoms with Gasteiger partial charge in [0.25, 0.3) is 5.91 Å². The van der Waals surface area contributed by atoms with E-state index in [0.717, 1.165) is 11.8 Å². The number of amides is 1. The van der Waals surface area contributed by atoms with Crippen molar-refractivity contribution in [3.05, 3.63) is 63.1 Å². The van der Waals surface area contributed by atoms with Crippen molar-refractivity contribution in [2.75, 3.05) is 17.6 Å². The van der Waals surface area contributed by atoms with Crippen LogP contribution in [0.4, 0.5) is 5.69 Å². The number of carbonyl (C=O) groups excluding carboxylic acids is 1. The lowest BCUT2D eigenvalue weighted by Gasteiger charge is -2.19. The van der Waals surface area contributed by atoms with Gasteiger partial charge in [-0.05, 0) is 48.4 Å². The highest BCUT2D eigenvalue weighted by molar-refractivity contribution is 7.92. The Hall–Kier alpha value is -1.76. The Labute approximate surface area is 157 Å². The Kier molecular flexibility index (Phi) is 5.98. The molecule has 0 heterocycles. The van der Waals surface area contributed by atoms with Crippen LogP contribution in [0.2, 0.25) is 10.0 Å². The van der Waals surface area contributed by atoms with Gasteiger partial charge in [0, 0.05) is 29.2 Å². The molecule has 5 nitrogen and oxygen atoms in total. The van der Waals surface area contributed by atoms with E-state index in [1.165, 1.54) is 11.4 Å². The molecule has 0 aromatic heterocycles. The maximum atomic E-state index is 12.3. The summed E-state index contributed by atoms with van der Waals surface area (Å²) in [7, 11) is -1.89. The summed E-state index contributed by atoms with van der Waals surface area (Å²) in [5.74, 6) is -0.275. The zero-order chi connectivity index (χ0) is 18.8. The standard InChI is InChI=1S/C17H18Cl2N2O3S/c1-11-8-12(5-7-16(11)21(2)25(3,23)24)17(22)20-10-13-4-6-14(18)9-15(13)19/h4-9H,10H2,1-3H3,(H,20,22). The molecule has 0 unspecified atom stereocenters. The van der Waals surface area contributed by atoms with E-state index in [1.54, 1.807) is 43.3 Å². The van der Waals surface area contributed by atoms with Gasteiger partial charge >= 0.3 is 0 Å². The molecule has 8 heteroatoms. The number of sulfonamides is 1. The second-order valence-electron chi connectivity index (χ2n) is 5.65. The summed E-state index contributed by atoms with van der Waals surface area (Å²) in [5.41, 5.74) is 2.41. The molecule has 2 aromatic carbocycles. The minimum atomic E-state index is -3.36. The fourth-order valence-electron chi connectivity index (χ4n) is 2.27. The van der Waals surface area contributed by atoms with Crippen molar-refractivity contribution in [3.8, 4) is 0 Å². The molecular weight excluding hydrogens is 383 g/mol. The monoisotopic (exact) mass is 400 g/mol. The molecule has 1 N–H and O–H groups in total. The van der Waals surface area contributed by atoms with Crippen molar-refractivity contribution in [2.45, 2.75) is 13.5 Å². The molecule has 0 aliphatic heterocycles. The zero-order valence-corrected chi connectivity index (χ0v) is 16.3. The van der Waals surface area contributed by atoms with Crippen LogP contribution in [0.1, 0.15) is 21.5 Å². The number of benzene rings is 2. The highest BCUT2D eigenvalue weighted by Gasteiger charge is 2.16. The van der Waals surface area contributed by atoms with Crippen molar-refractivity contribution >= 4 is 44.8 Å². The first-order valence-electron chi connectivity index (χ1n) is 7.36. The molecule has 25 heavy (non-hydrogen) atoms. The van der Waals surface area contributed by atoms with Crippen LogP contribution in [0, 0.1) is 6.92 Å². The molecule has 0 bridgehead atoms. The smallest absolute Gasteiger partial charge is 0.251 e. The van der Waals surface area contributed by atoms with Crippen molar-refractivity contribution in [2.24, 2.45) is 0 Å². The highest BCUT2D eigenvalue weighted by Crippen LogP contribution is 2.23. The Bertz CT molecular complexity index is 914. The number of aryl methyl sites for hydroxylation is 1. The minimum absolute atomic E-state index is 0.263. The van der Waals surface area contributed by atoms with Gasteiger partial charge in [-0.25, -0.2) is 8.42 Å². The number of anilines is 1. The minimum Gasteiger partial charge on any atom is -0.348 e. The number of nitrogens with one attached hydrogen (secondary N) is 1. The Morgan fingerprint density at radius 2 is 1.84 bits per heavy atom. The molecular formula is C17H18Cl2N2O3S. The maximum absolute atomic E-state index is 12.3. The third kappa shape index (κ3) is 4.87. The molecule has 134 valence electrons. The van der Waals surface area contributed by atoms with Gasteiger partial charge in [-0.3, -0.25) is 9.10 Å². The second-order valence-corrected chi connectivity index (χ2v) is 8.51. The van der Waals surface area contributed by atoms with Gasteiger partial charge in [-0.15, -0.1) is 0 Å². The van der Waals surface area contributed by atoms with E-state index >= 15 is 0 Å². The number of carbonyl (C=O) groups is 1. The third-order valence-electron chi connectivity index (χ3n) is 3.75. The molecule has 2 aromatic rings. The summed E-state index contributed by atoms with van der Waals surface area (Å²) in [4.78, 5) is 12.3. The zero-order valence-electron chi connectivity index (χ0n) is 14.0. The number of halogens is 2. The number of nitrogens with zero attached hydrogens (tertiary/aromatic N) is 1. The van der Waals surface area contributed by atoms with Crippen LogP contribution >= 0.6 is 23.2 Å². The summed E-state index contributed by atoms with van der Waals surface area (Å²) in [6.07, 6.45) is 1.13. The first kappa shape index (κ1) is 19.6. The summed E-state index contributed by atoms with van der Waals surface area (Å²) < 4.78 is 24.5. The van der Waals surface area contributed by atoms with Crippen LogP contribution in [0.3, 0.4) is 0 Å². The van der Waals surface area contributed by atoms with Crippen LogP contribution in [-0.2, 0) is 16.6 Å². The van der Waals surface area contributed by atoms with Gasteiger partial charge in [0.15, 0.2) is 0 Å². The van der Waals surface area contributed by atoms with Crippen LogP contribution in [0.15, 0.2) is 36.4 Å². The van der Waals surface area contributed by atoms with Gasteiger partial charge in [-0.1, -0.05) is 29.3 Å². The summed E-state index contributed by atoms with van der Waals surface area (Å²) in [6.45, 7) is 2.02. The quantitative estimate of drug-likeness (QED) is 0.832. The summed E-state index contributed by atoms with van der Waals surface area (Å²) in [6, 6.07) is 9.92. The van der Waals surface area contributed by atoms with E-state index in [1.807, 2.05) is 0 Å². The molecule has 0 aliphatic carbocycles. The maximum Gasteiger partial charge on any atom is 0.251 e. The van der Waals surface area contributed by atoms with E-state index in [2.05, 4.69) is 5.32 Å². The molecule has 0 radical (unpaired) electrons. The SMILES string of the molecule is Cc1cc(C(=O)NCc2ccc(Cl)cc2Cl)ccc1N(C)S(C)(=O)=O. The van der Waals surface area contributed by atoms with Crippen LogP contribution in [-0.4, -0.2) is 27.6 Å². The Morgan fingerprint density at radius 3 is 2.40 bits per heavy atom. The van der Waals surface area contributed by atoms with Crippen molar-refractivity contribution in [3.63, 3.8) is 0 Å². The topological polar surface area (TPSA) is 66.5 Å². The average molecular weight is 401 g/mol. The Morgan fingerprint density at radius 1 is 1.16 bits per heavy atom. The van der Waals surface area contributed by atoms with Crippen molar-refractivity contribution in [1.29, 1.82) is 0 Å². The molecule has 0 aliphatic rings. The van der Waals surface area contributed by atoms with Gasteiger partial charge in [-0.2, -0.15) is 0 Å². The highest BCUT2D eigenvalue weighted by atomic mass is 35.5. The lowest BCUT2D eigenvalue weighted by atomic mass is 10.1. The van der Waals surface area contributed by atoms with Gasteiger partial charge < -0.3 is 5.32 Å². The fraction of sp³-hybridized carbons (Fsp3) is 0.235. The average Bonchev–Trinajstić information content (AvgIpc) is 2.52. The van der Waals surface area contributed by atoms with Crippen molar-refractivity contribution < 1.29 is 13.2 Å². The predicted molar refractivity (Wildman–Crippen MR) is 102 cm³/mol. The van der Waals surface area contributed by atoms with E-state index in [9.17, 15) is 13.2 Å². The molecule has 0 fully saturated rings. The number of rotatable bonds is 5. The lowest BCUT2D eigenvalue weighted by molar-refractivity contribution is 0.0951. The van der Waals surface area contributed by atoms with Gasteiger partial charge in [0.1, 0.15) is 0 Å².